The predicted octanol–water partition coefficient (Wildman–Crippen LogP) is 2.48. The number of rotatable bonds is 6. The lowest BCUT2D eigenvalue weighted by Gasteiger charge is -2.06. The fraction of sp³-hybridized carbons (Fsp3) is 0.316. The van der Waals surface area contributed by atoms with Gasteiger partial charge in [-0.05, 0) is 24.5 Å². The third-order valence-electron chi connectivity index (χ3n) is 3.96. The maximum atomic E-state index is 12.5. The number of nitrogens with zero attached hydrogens (tertiary/aromatic N) is 3. The minimum atomic E-state index is -0.539. The Morgan fingerprint density at radius 2 is 2.04 bits per heavy atom. The van der Waals surface area contributed by atoms with Crippen molar-refractivity contribution in [3.63, 3.8) is 0 Å². The molecule has 0 aliphatic carbocycles. The van der Waals surface area contributed by atoms with Crippen LogP contribution in [0.15, 0.2) is 35.4 Å². The van der Waals surface area contributed by atoms with Gasteiger partial charge >= 0.3 is 5.97 Å². The molecule has 8 nitrogen and oxygen atoms in total. The maximum absolute atomic E-state index is 12.5. The van der Waals surface area contributed by atoms with Crippen LogP contribution in [0.3, 0.4) is 0 Å². The summed E-state index contributed by atoms with van der Waals surface area (Å²) in [7, 11) is 1.29. The number of methoxy groups -OCH3 is 1. The van der Waals surface area contributed by atoms with Gasteiger partial charge in [0, 0.05) is 4.88 Å². The third-order valence-corrected chi connectivity index (χ3v) is 4.95. The van der Waals surface area contributed by atoms with E-state index < -0.39 is 11.9 Å². The second-order valence-corrected chi connectivity index (χ2v) is 7.71. The first kappa shape index (κ1) is 19.7. The number of ether oxygens (including phenoxy) is 1. The zero-order valence-corrected chi connectivity index (χ0v) is 16.6. The number of hydrogen-bond donors (Lipinski definition) is 1. The van der Waals surface area contributed by atoms with Crippen LogP contribution < -0.4 is 10.9 Å². The normalized spacial score (nSPS) is 11.0. The summed E-state index contributed by atoms with van der Waals surface area (Å²) in [6, 6.07) is 6.94. The van der Waals surface area contributed by atoms with E-state index >= 15 is 0 Å². The molecule has 0 bridgehead atoms. The Hall–Kier alpha value is -3.07. The molecule has 0 atom stereocenters. The number of thiazole rings is 1. The number of aromatic nitrogens is 3. The Bertz CT molecular complexity index is 1090. The quantitative estimate of drug-likeness (QED) is 0.638. The lowest BCUT2D eigenvalue weighted by atomic mass is 10.1. The smallest absolute Gasteiger partial charge is 0.357 e. The number of hydrogen-bond acceptors (Lipinski definition) is 7. The van der Waals surface area contributed by atoms with Crippen molar-refractivity contribution < 1.29 is 14.3 Å². The molecular weight excluding hydrogens is 380 g/mol. The Morgan fingerprint density at radius 1 is 1.29 bits per heavy atom. The van der Waals surface area contributed by atoms with Crippen LogP contribution in [0, 0.1) is 5.92 Å². The van der Waals surface area contributed by atoms with Gasteiger partial charge in [0.25, 0.3) is 5.56 Å². The fourth-order valence-electron chi connectivity index (χ4n) is 2.70. The van der Waals surface area contributed by atoms with E-state index in [1.807, 2.05) is 13.8 Å². The van der Waals surface area contributed by atoms with Crippen LogP contribution in [0.2, 0.25) is 0 Å². The van der Waals surface area contributed by atoms with Crippen LogP contribution in [-0.4, -0.2) is 33.5 Å². The van der Waals surface area contributed by atoms with Crippen LogP contribution in [-0.2, 0) is 22.5 Å². The molecule has 3 rings (SSSR count). The van der Waals surface area contributed by atoms with Crippen molar-refractivity contribution in [2.24, 2.45) is 5.92 Å². The van der Waals surface area contributed by atoms with Crippen molar-refractivity contribution in [3.8, 4) is 0 Å². The molecule has 0 radical (unpaired) electrons. The highest BCUT2D eigenvalue weighted by Crippen LogP contribution is 2.26. The lowest BCUT2D eigenvalue weighted by Crippen LogP contribution is -2.27. The van der Waals surface area contributed by atoms with Crippen LogP contribution in [0.1, 0.15) is 29.2 Å². The number of carbonyl (C=O) groups is 2. The lowest BCUT2D eigenvalue weighted by molar-refractivity contribution is -0.116. The summed E-state index contributed by atoms with van der Waals surface area (Å²) in [4.78, 5) is 46.0. The molecule has 0 unspecified atom stereocenters. The average molecular weight is 400 g/mol. The maximum Gasteiger partial charge on any atom is 0.357 e. The van der Waals surface area contributed by atoms with Crippen molar-refractivity contribution in [1.82, 2.24) is 14.5 Å². The number of esters is 1. The molecule has 1 aromatic carbocycles. The zero-order chi connectivity index (χ0) is 20.3. The van der Waals surface area contributed by atoms with Crippen molar-refractivity contribution in [3.05, 3.63) is 51.5 Å². The van der Waals surface area contributed by atoms with Crippen LogP contribution >= 0.6 is 11.3 Å². The van der Waals surface area contributed by atoms with Gasteiger partial charge in [-0.25, -0.2) is 14.8 Å². The van der Waals surface area contributed by atoms with E-state index in [4.69, 9.17) is 4.74 Å². The highest BCUT2D eigenvalue weighted by Gasteiger charge is 2.20. The third kappa shape index (κ3) is 4.25. The summed E-state index contributed by atoms with van der Waals surface area (Å²) in [6.07, 6.45) is 1.99. The molecule has 0 fully saturated rings. The molecule has 0 saturated heterocycles. The molecule has 1 amide bonds. The summed E-state index contributed by atoms with van der Waals surface area (Å²) < 4.78 is 6.01. The SMILES string of the molecule is COC(=O)c1nc(NC(=O)Cn2cnc3ccccc3c2=O)sc1CC(C)C. The van der Waals surface area contributed by atoms with E-state index in [9.17, 15) is 14.4 Å². The standard InChI is InChI=1S/C19H20N4O4S/c1-11(2)8-14-16(18(26)27-3)22-19(28-14)21-15(24)9-23-10-20-13-7-5-4-6-12(13)17(23)25/h4-7,10-11H,8-9H2,1-3H3,(H,21,22,24). The Morgan fingerprint density at radius 3 is 2.75 bits per heavy atom. The highest BCUT2D eigenvalue weighted by molar-refractivity contribution is 7.16. The van der Waals surface area contributed by atoms with Gasteiger partial charge < -0.3 is 10.1 Å². The average Bonchev–Trinajstić information content (AvgIpc) is 3.04. The van der Waals surface area contributed by atoms with Gasteiger partial charge in [-0.2, -0.15) is 0 Å². The topological polar surface area (TPSA) is 103 Å². The Balaban J connectivity index is 1.80. The molecule has 146 valence electrons. The molecule has 0 saturated carbocycles. The second-order valence-electron chi connectivity index (χ2n) is 6.62. The number of benzene rings is 1. The molecular formula is C19H20N4O4S. The predicted molar refractivity (Wildman–Crippen MR) is 107 cm³/mol. The van der Waals surface area contributed by atoms with Gasteiger partial charge in [0.1, 0.15) is 6.54 Å². The largest absolute Gasteiger partial charge is 0.464 e. The molecule has 2 aromatic heterocycles. The Labute approximate surface area is 165 Å². The van der Waals surface area contributed by atoms with Crippen LogP contribution in [0.25, 0.3) is 10.9 Å². The van der Waals surface area contributed by atoms with E-state index in [2.05, 4.69) is 15.3 Å². The Kier molecular flexibility index (Phi) is 5.84. The van der Waals surface area contributed by atoms with Crippen LogP contribution in [0.4, 0.5) is 5.13 Å². The number of anilines is 1. The van der Waals surface area contributed by atoms with E-state index in [0.717, 1.165) is 4.88 Å². The second kappa shape index (κ2) is 8.30. The highest BCUT2D eigenvalue weighted by atomic mass is 32.1. The molecule has 1 N–H and O–H groups in total. The summed E-state index contributed by atoms with van der Waals surface area (Å²) in [5.74, 6) is -0.655. The monoisotopic (exact) mass is 400 g/mol. The van der Waals surface area contributed by atoms with Crippen molar-refractivity contribution in [2.75, 3.05) is 12.4 Å². The minimum Gasteiger partial charge on any atom is -0.464 e. The molecule has 0 aliphatic rings. The molecule has 2 heterocycles. The first-order valence-corrected chi connectivity index (χ1v) is 9.52. The summed E-state index contributed by atoms with van der Waals surface area (Å²) in [5, 5.41) is 3.39. The number of para-hydroxylation sites is 1. The van der Waals surface area contributed by atoms with Gasteiger partial charge in [-0.3, -0.25) is 14.2 Å². The molecule has 3 aromatic rings. The molecule has 0 spiro atoms. The van der Waals surface area contributed by atoms with E-state index in [0.29, 0.717) is 28.4 Å². The van der Waals surface area contributed by atoms with Gasteiger partial charge in [0.15, 0.2) is 10.8 Å². The van der Waals surface area contributed by atoms with E-state index in [1.54, 1.807) is 24.3 Å². The van der Waals surface area contributed by atoms with Gasteiger partial charge in [-0.1, -0.05) is 26.0 Å². The van der Waals surface area contributed by atoms with Crippen molar-refractivity contribution in [1.29, 1.82) is 0 Å². The first-order valence-electron chi connectivity index (χ1n) is 8.71. The summed E-state index contributed by atoms with van der Waals surface area (Å²) in [6.45, 7) is 3.85. The minimum absolute atomic E-state index is 0.205. The molecule has 9 heteroatoms. The summed E-state index contributed by atoms with van der Waals surface area (Å²) >= 11 is 1.23. The van der Waals surface area contributed by atoms with Crippen molar-refractivity contribution >= 4 is 39.2 Å². The first-order chi connectivity index (χ1) is 13.4. The van der Waals surface area contributed by atoms with E-state index in [1.165, 1.54) is 29.3 Å². The molecule has 28 heavy (non-hydrogen) atoms. The number of amides is 1. The number of fused-ring (bicyclic) bond motifs is 1. The number of carbonyl (C=O) groups excluding carboxylic acids is 2. The van der Waals surface area contributed by atoms with E-state index in [-0.39, 0.29) is 17.8 Å². The fourth-order valence-corrected chi connectivity index (χ4v) is 3.88. The van der Waals surface area contributed by atoms with Gasteiger partial charge in [-0.15, -0.1) is 11.3 Å². The van der Waals surface area contributed by atoms with Gasteiger partial charge in [0.05, 0.1) is 24.3 Å². The van der Waals surface area contributed by atoms with Gasteiger partial charge in [0.2, 0.25) is 5.91 Å². The number of nitrogens with one attached hydrogen (secondary N) is 1. The van der Waals surface area contributed by atoms with Crippen LogP contribution in [0.5, 0.6) is 0 Å². The zero-order valence-electron chi connectivity index (χ0n) is 15.8. The molecule has 0 aliphatic heterocycles. The summed E-state index contributed by atoms with van der Waals surface area (Å²) in [5.41, 5.74) is 0.488. The van der Waals surface area contributed by atoms with Crippen molar-refractivity contribution in [2.45, 2.75) is 26.8 Å².